The molecule has 5 nitrogen and oxygen atoms in total. The van der Waals surface area contributed by atoms with Gasteiger partial charge in [0.15, 0.2) is 0 Å². The second-order valence-electron chi connectivity index (χ2n) is 6.76. The van der Waals surface area contributed by atoms with Gasteiger partial charge < -0.3 is 5.43 Å². The van der Waals surface area contributed by atoms with Gasteiger partial charge in [-0.3, -0.25) is 4.72 Å². The molecule has 0 spiro atoms. The van der Waals surface area contributed by atoms with E-state index in [2.05, 4.69) is 75.2 Å². The van der Waals surface area contributed by atoms with Gasteiger partial charge in [0.2, 0.25) is 0 Å². The number of anilines is 1. The molecule has 3 aromatic carbocycles. The van der Waals surface area contributed by atoms with Crippen molar-refractivity contribution in [2.75, 3.05) is 4.72 Å². The van der Waals surface area contributed by atoms with Crippen LogP contribution in [0.1, 0.15) is 23.6 Å². The molecule has 0 radical (unpaired) electrons. The Morgan fingerprint density at radius 2 is 1.67 bits per heavy atom. The van der Waals surface area contributed by atoms with Crippen LogP contribution in [0, 0.1) is 0 Å². The maximum absolute atomic E-state index is 12.7. The number of sulfonamides is 1. The van der Waals surface area contributed by atoms with Gasteiger partial charge >= 0.3 is 0 Å². The molecule has 0 amide bonds. The van der Waals surface area contributed by atoms with E-state index in [0.717, 1.165) is 27.7 Å². The average molecular weight is 614 g/mol. The molecule has 0 saturated carbocycles. The Morgan fingerprint density at radius 1 is 0.933 bits per heavy atom. The predicted molar refractivity (Wildman–Crippen MR) is 130 cm³/mol. The quantitative estimate of drug-likeness (QED) is 0.359. The molecular formula is C21H16Br3N3O2S. The third-order valence-electron chi connectivity index (χ3n) is 4.66. The van der Waals surface area contributed by atoms with Crippen molar-refractivity contribution in [2.45, 2.75) is 17.4 Å². The lowest BCUT2D eigenvalue weighted by molar-refractivity contribution is 0.600. The molecule has 0 aliphatic carbocycles. The number of rotatable bonds is 5. The Balaban J connectivity index is 1.48. The van der Waals surface area contributed by atoms with E-state index < -0.39 is 10.0 Å². The van der Waals surface area contributed by atoms with Crippen molar-refractivity contribution in [3.05, 3.63) is 91.3 Å². The van der Waals surface area contributed by atoms with Crippen LogP contribution >= 0.6 is 47.8 Å². The maximum Gasteiger partial charge on any atom is 0.263 e. The van der Waals surface area contributed by atoms with Crippen LogP contribution in [-0.4, -0.2) is 14.1 Å². The number of hydrogen-bond acceptors (Lipinski definition) is 4. The molecule has 0 saturated heterocycles. The zero-order valence-electron chi connectivity index (χ0n) is 15.4. The number of nitrogens with one attached hydrogen (secondary N) is 2. The maximum atomic E-state index is 12.7. The molecule has 1 aliphatic heterocycles. The van der Waals surface area contributed by atoms with Gasteiger partial charge in [-0.05, 0) is 69.5 Å². The van der Waals surface area contributed by atoms with E-state index in [1.54, 1.807) is 30.3 Å². The van der Waals surface area contributed by atoms with Gasteiger partial charge in [0.05, 0.1) is 11.8 Å². The number of hydrazone groups is 1. The molecular weight excluding hydrogens is 598 g/mol. The van der Waals surface area contributed by atoms with Crippen LogP contribution in [0.2, 0.25) is 0 Å². The van der Waals surface area contributed by atoms with Gasteiger partial charge in [-0.25, -0.2) is 8.42 Å². The standard InChI is InChI=1S/C21H16Br3N3O2S/c22-15-3-1-2-14(10-15)20-12-19(25-26-20)13-4-7-17(8-5-13)27-30(28,29)21-11-16(23)6-9-18(21)24/h1-11,20,26-27H,12H2. The van der Waals surface area contributed by atoms with Crippen LogP contribution in [0.25, 0.3) is 0 Å². The second-order valence-corrected chi connectivity index (χ2v) is 11.1. The summed E-state index contributed by atoms with van der Waals surface area (Å²) in [5, 5.41) is 4.47. The monoisotopic (exact) mass is 611 g/mol. The van der Waals surface area contributed by atoms with E-state index >= 15 is 0 Å². The van der Waals surface area contributed by atoms with Crippen molar-refractivity contribution in [3.8, 4) is 0 Å². The molecule has 1 unspecified atom stereocenters. The van der Waals surface area contributed by atoms with Crippen LogP contribution in [0.4, 0.5) is 5.69 Å². The lowest BCUT2D eigenvalue weighted by Crippen LogP contribution is -2.13. The fourth-order valence-electron chi connectivity index (χ4n) is 3.16. The van der Waals surface area contributed by atoms with E-state index in [1.165, 1.54) is 0 Å². The average Bonchev–Trinajstić information content (AvgIpc) is 3.20. The fourth-order valence-corrected chi connectivity index (χ4v) is 6.14. The summed E-state index contributed by atoms with van der Waals surface area (Å²) in [6, 6.07) is 20.5. The van der Waals surface area contributed by atoms with Crippen LogP contribution in [0.15, 0.2) is 90.1 Å². The Hall–Kier alpha value is -1.68. The zero-order valence-corrected chi connectivity index (χ0v) is 21.0. The highest BCUT2D eigenvalue weighted by Crippen LogP contribution is 2.29. The van der Waals surface area contributed by atoms with Crippen molar-refractivity contribution < 1.29 is 8.42 Å². The molecule has 1 atom stereocenters. The normalized spacial score (nSPS) is 16.1. The van der Waals surface area contributed by atoms with E-state index in [0.29, 0.717) is 14.6 Å². The fraction of sp³-hybridized carbons (Fsp3) is 0.0952. The number of benzene rings is 3. The highest BCUT2D eigenvalue weighted by Gasteiger charge is 2.22. The topological polar surface area (TPSA) is 70.6 Å². The third kappa shape index (κ3) is 4.80. The Kier molecular flexibility index (Phi) is 6.34. The molecule has 9 heteroatoms. The predicted octanol–water partition coefficient (Wildman–Crippen LogP) is 6.21. The Morgan fingerprint density at radius 3 is 2.40 bits per heavy atom. The molecule has 30 heavy (non-hydrogen) atoms. The molecule has 1 aliphatic rings. The van der Waals surface area contributed by atoms with Gasteiger partial charge in [-0.1, -0.05) is 56.1 Å². The first-order chi connectivity index (χ1) is 14.3. The van der Waals surface area contributed by atoms with Crippen molar-refractivity contribution in [2.24, 2.45) is 5.10 Å². The minimum Gasteiger partial charge on any atom is -0.302 e. The first kappa shape index (κ1) is 21.5. The smallest absolute Gasteiger partial charge is 0.263 e. The first-order valence-corrected chi connectivity index (χ1v) is 12.8. The van der Waals surface area contributed by atoms with Crippen LogP contribution in [0.5, 0.6) is 0 Å². The van der Waals surface area contributed by atoms with E-state index in [4.69, 9.17) is 0 Å². The lowest BCUT2D eigenvalue weighted by atomic mass is 9.99. The minimum absolute atomic E-state index is 0.115. The SMILES string of the molecule is O=S(=O)(Nc1ccc(C2=NNC(c3cccc(Br)c3)C2)cc1)c1cc(Br)ccc1Br. The van der Waals surface area contributed by atoms with Crippen molar-refractivity contribution >= 4 is 69.2 Å². The summed E-state index contributed by atoms with van der Waals surface area (Å²) in [6.45, 7) is 0. The zero-order chi connectivity index (χ0) is 21.3. The summed E-state index contributed by atoms with van der Waals surface area (Å²) in [5.74, 6) is 0. The Bertz CT molecular complexity index is 1230. The molecule has 1 heterocycles. The summed E-state index contributed by atoms with van der Waals surface area (Å²) in [5.41, 5.74) is 6.71. The largest absolute Gasteiger partial charge is 0.302 e. The van der Waals surface area contributed by atoms with Gasteiger partial charge in [-0.2, -0.15) is 5.10 Å². The molecule has 3 aromatic rings. The van der Waals surface area contributed by atoms with Crippen molar-refractivity contribution in [3.63, 3.8) is 0 Å². The van der Waals surface area contributed by atoms with E-state index in [9.17, 15) is 8.42 Å². The molecule has 0 fully saturated rings. The van der Waals surface area contributed by atoms with E-state index in [-0.39, 0.29) is 10.9 Å². The molecule has 4 rings (SSSR count). The first-order valence-electron chi connectivity index (χ1n) is 8.98. The molecule has 0 aromatic heterocycles. The van der Waals surface area contributed by atoms with Crippen LogP contribution in [0.3, 0.4) is 0 Å². The summed E-state index contributed by atoms with van der Waals surface area (Å²) in [6.07, 6.45) is 0.756. The van der Waals surface area contributed by atoms with Gasteiger partial charge in [0.1, 0.15) is 4.90 Å². The lowest BCUT2D eigenvalue weighted by Gasteiger charge is -2.11. The van der Waals surface area contributed by atoms with Crippen LogP contribution < -0.4 is 10.1 Å². The van der Waals surface area contributed by atoms with E-state index in [1.807, 2.05) is 24.3 Å². The number of halogens is 3. The summed E-state index contributed by atoms with van der Waals surface area (Å²) in [4.78, 5) is 0.169. The number of hydrogen-bond donors (Lipinski definition) is 2. The molecule has 0 bridgehead atoms. The van der Waals surface area contributed by atoms with Crippen molar-refractivity contribution in [1.29, 1.82) is 0 Å². The third-order valence-corrected chi connectivity index (χ3v) is 8.02. The molecule has 2 N–H and O–H groups in total. The van der Waals surface area contributed by atoms with Crippen molar-refractivity contribution in [1.82, 2.24) is 5.43 Å². The minimum atomic E-state index is -3.72. The highest BCUT2D eigenvalue weighted by molar-refractivity contribution is 9.11. The van der Waals surface area contributed by atoms with Gasteiger partial charge in [0, 0.05) is 25.5 Å². The van der Waals surface area contributed by atoms with Gasteiger partial charge in [-0.15, -0.1) is 0 Å². The number of nitrogens with zero attached hydrogens (tertiary/aromatic N) is 1. The van der Waals surface area contributed by atoms with Gasteiger partial charge in [0.25, 0.3) is 10.0 Å². The summed E-state index contributed by atoms with van der Waals surface area (Å²) >= 11 is 10.1. The Labute approximate surface area is 200 Å². The molecule has 154 valence electrons. The second kappa shape index (κ2) is 8.82. The summed E-state index contributed by atoms with van der Waals surface area (Å²) in [7, 11) is -3.72. The summed E-state index contributed by atoms with van der Waals surface area (Å²) < 4.78 is 30.3. The highest BCUT2D eigenvalue weighted by atomic mass is 79.9. The van der Waals surface area contributed by atoms with Crippen LogP contribution in [-0.2, 0) is 10.0 Å².